The van der Waals surface area contributed by atoms with Gasteiger partial charge in [0.2, 0.25) is 0 Å². The van der Waals surface area contributed by atoms with Crippen molar-refractivity contribution in [2.24, 2.45) is 0 Å². The number of nitrogens with one attached hydrogen (secondary N) is 1. The molecule has 3 nitrogen and oxygen atoms in total. The number of carbonyl (C=O) groups is 1. The van der Waals surface area contributed by atoms with Gasteiger partial charge in [-0.05, 0) is 35.9 Å². The monoisotopic (exact) mass is 430 g/mol. The summed E-state index contributed by atoms with van der Waals surface area (Å²) in [5.41, 5.74) is 6.25. The maximum Gasteiger partial charge on any atom is 0.176 e. The zero-order valence-corrected chi connectivity index (χ0v) is 17.6. The summed E-state index contributed by atoms with van der Waals surface area (Å²) >= 11 is 0. The molecule has 0 amide bonds. The molecule has 0 fully saturated rings. The van der Waals surface area contributed by atoms with E-state index < -0.39 is 5.92 Å². The Labute approximate surface area is 190 Å². The molecule has 0 spiro atoms. The third-order valence-corrected chi connectivity index (χ3v) is 6.18. The fourth-order valence-electron chi connectivity index (χ4n) is 4.66. The van der Waals surface area contributed by atoms with Gasteiger partial charge >= 0.3 is 0 Å². The number of fused-ring (bicyclic) bond motifs is 4. The van der Waals surface area contributed by atoms with E-state index in [1.54, 1.807) is 12.1 Å². The molecule has 4 heteroatoms. The molecule has 1 aromatic heterocycles. The Bertz CT molecular complexity index is 1510. The van der Waals surface area contributed by atoms with Crippen LogP contribution in [0.15, 0.2) is 103 Å². The van der Waals surface area contributed by atoms with Gasteiger partial charge in [-0.1, -0.05) is 72.8 Å². The van der Waals surface area contributed by atoms with Crippen LogP contribution < -0.4 is 5.32 Å². The fourth-order valence-corrected chi connectivity index (χ4v) is 4.66. The van der Waals surface area contributed by atoms with E-state index >= 15 is 0 Å². The van der Waals surface area contributed by atoms with E-state index in [0.29, 0.717) is 5.56 Å². The van der Waals surface area contributed by atoms with Gasteiger partial charge in [-0.25, -0.2) is 9.37 Å². The van der Waals surface area contributed by atoms with Gasteiger partial charge in [0.05, 0.1) is 22.8 Å². The molecule has 0 saturated carbocycles. The van der Waals surface area contributed by atoms with Crippen LogP contribution in [0.3, 0.4) is 0 Å². The number of rotatable bonds is 2. The van der Waals surface area contributed by atoms with Crippen LogP contribution in [0.2, 0.25) is 0 Å². The first-order valence-corrected chi connectivity index (χ1v) is 10.8. The Hall–Kier alpha value is -4.31. The molecule has 0 aliphatic carbocycles. The minimum atomic E-state index is -0.635. The third-order valence-electron chi connectivity index (χ3n) is 6.18. The molecular formula is C29H19FN2O. The lowest BCUT2D eigenvalue weighted by Gasteiger charge is -2.22. The zero-order valence-electron chi connectivity index (χ0n) is 17.6. The Balaban J connectivity index is 1.76. The van der Waals surface area contributed by atoms with Crippen molar-refractivity contribution in [1.82, 2.24) is 4.98 Å². The standard InChI is InChI=1S/C29H19FN2O/c30-20-16-14-18(15-17-20)25-26-27(19-8-2-1-3-9-19)31-23-12-6-4-10-21(23)28(26)32-24-13-7-5-11-22(24)29(25)33/h1-17,25,32H. The van der Waals surface area contributed by atoms with Gasteiger partial charge in [-0.2, -0.15) is 0 Å². The number of anilines is 2. The highest BCUT2D eigenvalue weighted by molar-refractivity contribution is 6.13. The van der Waals surface area contributed by atoms with E-state index in [2.05, 4.69) is 5.32 Å². The number of ketones is 1. The molecule has 0 bridgehead atoms. The van der Waals surface area contributed by atoms with Crippen molar-refractivity contribution in [3.05, 3.63) is 126 Å². The number of carbonyl (C=O) groups excluding carboxylic acids is 1. The first-order valence-electron chi connectivity index (χ1n) is 10.8. The van der Waals surface area contributed by atoms with Crippen molar-refractivity contribution < 1.29 is 9.18 Å². The predicted molar refractivity (Wildman–Crippen MR) is 129 cm³/mol. The Morgan fingerprint density at radius 1 is 0.758 bits per heavy atom. The molecule has 0 radical (unpaired) electrons. The van der Waals surface area contributed by atoms with Crippen LogP contribution in [0.5, 0.6) is 0 Å². The van der Waals surface area contributed by atoms with Gasteiger partial charge in [0.25, 0.3) is 0 Å². The Morgan fingerprint density at radius 2 is 1.45 bits per heavy atom. The highest BCUT2D eigenvalue weighted by atomic mass is 19.1. The zero-order chi connectivity index (χ0) is 22.4. The number of hydrogen-bond donors (Lipinski definition) is 1. The van der Waals surface area contributed by atoms with Crippen molar-refractivity contribution in [3.63, 3.8) is 0 Å². The Morgan fingerprint density at radius 3 is 2.27 bits per heavy atom. The third kappa shape index (κ3) is 3.19. The molecule has 1 atom stereocenters. The topological polar surface area (TPSA) is 42.0 Å². The number of pyridine rings is 1. The predicted octanol–water partition coefficient (Wildman–Crippen LogP) is 7.11. The normalized spacial score (nSPS) is 14.8. The molecule has 6 rings (SSSR count). The van der Waals surface area contributed by atoms with Crippen LogP contribution in [-0.4, -0.2) is 10.8 Å². The Kier molecular flexibility index (Phi) is 4.51. The summed E-state index contributed by atoms with van der Waals surface area (Å²) in [6.45, 7) is 0. The second-order valence-corrected chi connectivity index (χ2v) is 8.15. The number of aromatic nitrogens is 1. The molecule has 2 heterocycles. The summed E-state index contributed by atoms with van der Waals surface area (Å²) in [6, 6.07) is 31.6. The minimum Gasteiger partial charge on any atom is -0.354 e. The van der Waals surface area contributed by atoms with Crippen molar-refractivity contribution in [2.75, 3.05) is 5.32 Å². The quantitative estimate of drug-likeness (QED) is 0.324. The summed E-state index contributed by atoms with van der Waals surface area (Å²) in [4.78, 5) is 19.1. The lowest BCUT2D eigenvalue weighted by atomic mass is 9.82. The maximum atomic E-state index is 14.0. The SMILES string of the molecule is O=C1c2ccccc2Nc2c(c(-c3ccccc3)nc3ccccc23)C1c1ccc(F)cc1. The molecule has 1 aliphatic heterocycles. The number of Topliss-reactive ketones (excluding diaryl/α,β-unsaturated/α-hetero) is 1. The van der Waals surface area contributed by atoms with Crippen molar-refractivity contribution in [2.45, 2.75) is 5.92 Å². The van der Waals surface area contributed by atoms with E-state index in [0.717, 1.165) is 44.7 Å². The van der Waals surface area contributed by atoms with Crippen LogP contribution in [0.1, 0.15) is 27.4 Å². The van der Waals surface area contributed by atoms with Gasteiger partial charge in [0.15, 0.2) is 5.78 Å². The van der Waals surface area contributed by atoms with Gasteiger partial charge in [-0.3, -0.25) is 4.79 Å². The van der Waals surface area contributed by atoms with Gasteiger partial charge in [-0.15, -0.1) is 0 Å². The molecule has 4 aromatic carbocycles. The van der Waals surface area contributed by atoms with E-state index in [1.165, 1.54) is 12.1 Å². The first kappa shape index (κ1) is 19.4. The number of benzene rings is 4. The number of halogens is 1. The molecule has 1 N–H and O–H groups in total. The lowest BCUT2D eigenvalue weighted by molar-refractivity contribution is 0.0975. The molecule has 158 valence electrons. The van der Waals surface area contributed by atoms with Crippen LogP contribution in [0, 0.1) is 5.82 Å². The summed E-state index contributed by atoms with van der Waals surface area (Å²) in [5, 5.41) is 4.50. The van der Waals surface area contributed by atoms with Crippen molar-refractivity contribution in [1.29, 1.82) is 0 Å². The molecule has 1 unspecified atom stereocenters. The summed E-state index contributed by atoms with van der Waals surface area (Å²) in [5.74, 6) is -1.01. The molecule has 1 aliphatic rings. The number of hydrogen-bond acceptors (Lipinski definition) is 3. The van der Waals surface area contributed by atoms with Crippen molar-refractivity contribution >= 4 is 28.1 Å². The maximum absolute atomic E-state index is 14.0. The highest BCUT2D eigenvalue weighted by Crippen LogP contribution is 2.46. The smallest absolute Gasteiger partial charge is 0.176 e. The summed E-state index contributed by atoms with van der Waals surface area (Å²) in [6.07, 6.45) is 0. The second-order valence-electron chi connectivity index (χ2n) is 8.15. The van der Waals surface area contributed by atoms with Crippen molar-refractivity contribution in [3.8, 4) is 11.3 Å². The highest BCUT2D eigenvalue weighted by Gasteiger charge is 2.35. The summed E-state index contributed by atoms with van der Waals surface area (Å²) in [7, 11) is 0. The van der Waals surface area contributed by atoms with E-state index in [9.17, 15) is 9.18 Å². The van der Waals surface area contributed by atoms with Crippen LogP contribution in [0.25, 0.3) is 22.2 Å². The number of para-hydroxylation sites is 2. The molecular weight excluding hydrogens is 411 g/mol. The van der Waals surface area contributed by atoms with Gasteiger partial charge < -0.3 is 5.32 Å². The lowest BCUT2D eigenvalue weighted by Crippen LogP contribution is -2.15. The van der Waals surface area contributed by atoms with Crippen LogP contribution >= 0.6 is 0 Å². The van der Waals surface area contributed by atoms with Crippen LogP contribution in [-0.2, 0) is 0 Å². The fraction of sp³-hybridized carbons (Fsp3) is 0.0345. The molecule has 0 saturated heterocycles. The molecule has 5 aromatic rings. The van der Waals surface area contributed by atoms with Crippen LogP contribution in [0.4, 0.5) is 15.8 Å². The first-order chi connectivity index (χ1) is 16.2. The van der Waals surface area contributed by atoms with E-state index in [4.69, 9.17) is 4.98 Å². The van der Waals surface area contributed by atoms with E-state index in [-0.39, 0.29) is 11.6 Å². The minimum absolute atomic E-state index is 0.0438. The second kappa shape index (κ2) is 7.68. The molecule has 33 heavy (non-hydrogen) atoms. The number of nitrogens with zero attached hydrogens (tertiary/aromatic N) is 1. The average Bonchev–Trinajstić information content (AvgIpc) is 2.99. The van der Waals surface area contributed by atoms with Gasteiger partial charge in [0, 0.05) is 27.8 Å². The van der Waals surface area contributed by atoms with E-state index in [1.807, 2.05) is 78.9 Å². The average molecular weight is 430 g/mol. The summed E-state index contributed by atoms with van der Waals surface area (Å²) < 4.78 is 13.8. The van der Waals surface area contributed by atoms with Gasteiger partial charge in [0.1, 0.15) is 5.82 Å². The largest absolute Gasteiger partial charge is 0.354 e.